The number of aromatic nitrogens is 1. The molecule has 2 aromatic carbocycles. The molecule has 28 heavy (non-hydrogen) atoms. The molecular weight excluding hydrogens is 405 g/mol. The van der Waals surface area contributed by atoms with Crippen molar-refractivity contribution in [1.29, 1.82) is 5.26 Å². The molecule has 7 heteroatoms. The van der Waals surface area contributed by atoms with Gasteiger partial charge in [-0.05, 0) is 41.5 Å². The number of nitriles is 1. The molecule has 3 rings (SSSR count). The van der Waals surface area contributed by atoms with E-state index in [9.17, 15) is 13.2 Å². The number of fused-ring (bicyclic) bond motifs is 1. The lowest BCUT2D eigenvalue weighted by Crippen LogP contribution is -2.07. The fraction of sp³-hybridized carbons (Fsp3) is 0.286. The van der Waals surface area contributed by atoms with Gasteiger partial charge >= 0.3 is 6.18 Å². The summed E-state index contributed by atoms with van der Waals surface area (Å²) in [5.74, 6) is 0.578. The number of alkyl halides is 3. The predicted molar refractivity (Wildman–Crippen MR) is 109 cm³/mol. The van der Waals surface area contributed by atoms with Crippen molar-refractivity contribution in [3.8, 4) is 6.07 Å². The number of hydrogen-bond donors (Lipinski definition) is 1. The fourth-order valence-corrected chi connectivity index (χ4v) is 4.34. The topological polar surface area (TPSA) is 39.6 Å². The van der Waals surface area contributed by atoms with Crippen LogP contribution in [0.1, 0.15) is 41.0 Å². The maximum absolute atomic E-state index is 13.0. The Morgan fingerprint density at radius 1 is 1.21 bits per heavy atom. The van der Waals surface area contributed by atoms with Crippen LogP contribution in [0.25, 0.3) is 10.9 Å². The van der Waals surface area contributed by atoms with Gasteiger partial charge in [0.05, 0.1) is 11.6 Å². The Hall–Kier alpha value is -2.10. The summed E-state index contributed by atoms with van der Waals surface area (Å²) in [6.45, 7) is 0. The molecule has 0 bridgehead atoms. The second-order valence-corrected chi connectivity index (χ2v) is 7.77. The van der Waals surface area contributed by atoms with E-state index in [1.165, 1.54) is 6.07 Å². The zero-order chi connectivity index (χ0) is 20.3. The first kappa shape index (κ1) is 20.6. The maximum Gasteiger partial charge on any atom is 0.416 e. The molecule has 1 aromatic heterocycles. The molecule has 0 aliphatic rings. The van der Waals surface area contributed by atoms with Gasteiger partial charge in [0, 0.05) is 40.2 Å². The Morgan fingerprint density at radius 3 is 2.64 bits per heavy atom. The molecule has 0 aliphatic heterocycles. The van der Waals surface area contributed by atoms with Crippen LogP contribution in [0.5, 0.6) is 0 Å². The largest absolute Gasteiger partial charge is 0.416 e. The minimum atomic E-state index is -4.45. The average molecular weight is 423 g/mol. The zero-order valence-corrected chi connectivity index (χ0v) is 16.7. The highest BCUT2D eigenvalue weighted by Gasteiger charge is 2.32. The van der Waals surface area contributed by atoms with E-state index in [1.54, 1.807) is 11.8 Å². The molecule has 1 atom stereocenters. The van der Waals surface area contributed by atoms with Crippen LogP contribution < -0.4 is 0 Å². The summed E-state index contributed by atoms with van der Waals surface area (Å²) in [7, 11) is 0. The second kappa shape index (κ2) is 8.50. The van der Waals surface area contributed by atoms with E-state index in [0.29, 0.717) is 12.0 Å². The molecule has 0 amide bonds. The fourth-order valence-electron chi connectivity index (χ4n) is 3.48. The van der Waals surface area contributed by atoms with Gasteiger partial charge in [-0.3, -0.25) is 0 Å². The number of nitrogens with zero attached hydrogens (tertiary/aromatic N) is 1. The van der Waals surface area contributed by atoms with Crippen molar-refractivity contribution in [2.75, 3.05) is 6.26 Å². The third-order valence-corrected chi connectivity index (χ3v) is 5.68. The number of H-pyrrole nitrogens is 1. The van der Waals surface area contributed by atoms with Crippen LogP contribution in [0.15, 0.2) is 42.6 Å². The number of aromatic amines is 1. The van der Waals surface area contributed by atoms with Crippen LogP contribution in [0.2, 0.25) is 5.02 Å². The molecule has 0 fully saturated rings. The van der Waals surface area contributed by atoms with Gasteiger partial charge < -0.3 is 4.98 Å². The number of hydrogen-bond acceptors (Lipinski definition) is 2. The minimum absolute atomic E-state index is 0.0624. The third kappa shape index (κ3) is 4.16. The molecule has 1 unspecified atom stereocenters. The first-order valence-electron chi connectivity index (χ1n) is 8.68. The molecular formula is C21H18ClF3N2S. The van der Waals surface area contributed by atoms with Gasteiger partial charge in [0.2, 0.25) is 0 Å². The minimum Gasteiger partial charge on any atom is -0.361 e. The standard InChI is InChI=1S/C21H18ClF3N2S/c1-28-12-13-4-2-5-17-18(11-27-20(13)17)15(6-3-9-26)16-8-7-14(10-19(16)22)21(23,24)25/h2,4-5,7-8,10-11,15,27H,3,6,12H2,1H3. The Bertz CT molecular complexity index is 1020. The molecule has 1 N–H and O–H groups in total. The van der Waals surface area contributed by atoms with E-state index >= 15 is 0 Å². The van der Waals surface area contributed by atoms with Crippen molar-refractivity contribution in [3.63, 3.8) is 0 Å². The smallest absolute Gasteiger partial charge is 0.361 e. The molecule has 0 saturated carbocycles. The van der Waals surface area contributed by atoms with Crippen LogP contribution in [-0.2, 0) is 11.9 Å². The monoisotopic (exact) mass is 422 g/mol. The number of para-hydroxylation sites is 1. The summed E-state index contributed by atoms with van der Waals surface area (Å²) in [5, 5.41) is 10.1. The Morgan fingerprint density at radius 2 is 2.00 bits per heavy atom. The average Bonchev–Trinajstić information content (AvgIpc) is 3.07. The summed E-state index contributed by atoms with van der Waals surface area (Å²) in [4.78, 5) is 3.30. The lowest BCUT2D eigenvalue weighted by molar-refractivity contribution is -0.137. The van der Waals surface area contributed by atoms with Gasteiger partial charge in [0.1, 0.15) is 0 Å². The SMILES string of the molecule is CSCc1cccc2c(C(CCC#N)c3ccc(C(F)(F)F)cc3Cl)c[nH]c12. The van der Waals surface area contributed by atoms with Crippen LogP contribution in [0.4, 0.5) is 13.2 Å². The molecule has 3 aromatic rings. The summed E-state index contributed by atoms with van der Waals surface area (Å²) in [6, 6.07) is 11.6. The normalized spacial score (nSPS) is 12.9. The summed E-state index contributed by atoms with van der Waals surface area (Å²) >= 11 is 7.97. The van der Waals surface area contributed by atoms with E-state index in [4.69, 9.17) is 16.9 Å². The van der Waals surface area contributed by atoms with Crippen molar-refractivity contribution < 1.29 is 13.2 Å². The Labute approximate surface area is 170 Å². The Kier molecular flexibility index (Phi) is 6.26. The van der Waals surface area contributed by atoms with Gasteiger partial charge in [-0.15, -0.1) is 0 Å². The van der Waals surface area contributed by atoms with E-state index in [-0.39, 0.29) is 17.4 Å². The van der Waals surface area contributed by atoms with E-state index in [1.807, 2.05) is 24.6 Å². The van der Waals surface area contributed by atoms with Crippen molar-refractivity contribution in [3.05, 3.63) is 69.9 Å². The van der Waals surface area contributed by atoms with Crippen LogP contribution >= 0.6 is 23.4 Å². The van der Waals surface area contributed by atoms with Crippen LogP contribution in [0.3, 0.4) is 0 Å². The predicted octanol–water partition coefficient (Wildman–Crippen LogP) is 7.14. The van der Waals surface area contributed by atoms with Gasteiger partial charge in [-0.25, -0.2) is 0 Å². The molecule has 146 valence electrons. The lowest BCUT2D eigenvalue weighted by Gasteiger charge is -2.19. The highest BCUT2D eigenvalue weighted by atomic mass is 35.5. The number of benzene rings is 2. The number of thioether (sulfide) groups is 1. The maximum atomic E-state index is 13.0. The number of halogens is 4. The van der Waals surface area contributed by atoms with E-state index in [2.05, 4.69) is 17.1 Å². The molecule has 0 saturated heterocycles. The lowest BCUT2D eigenvalue weighted by atomic mass is 9.86. The van der Waals surface area contributed by atoms with E-state index in [0.717, 1.165) is 39.9 Å². The molecule has 1 heterocycles. The summed E-state index contributed by atoms with van der Waals surface area (Å²) < 4.78 is 39.0. The zero-order valence-electron chi connectivity index (χ0n) is 15.1. The molecule has 0 spiro atoms. The van der Waals surface area contributed by atoms with Crippen molar-refractivity contribution in [2.45, 2.75) is 30.7 Å². The molecule has 0 aliphatic carbocycles. The quantitative estimate of drug-likeness (QED) is 0.458. The highest BCUT2D eigenvalue weighted by Crippen LogP contribution is 2.40. The first-order chi connectivity index (χ1) is 13.4. The van der Waals surface area contributed by atoms with Crippen molar-refractivity contribution >= 4 is 34.3 Å². The van der Waals surface area contributed by atoms with Crippen molar-refractivity contribution in [2.24, 2.45) is 0 Å². The Balaban J connectivity index is 2.11. The third-order valence-electron chi connectivity index (χ3n) is 4.76. The number of nitrogens with one attached hydrogen (secondary N) is 1. The first-order valence-corrected chi connectivity index (χ1v) is 10.5. The van der Waals surface area contributed by atoms with Gasteiger partial charge in [-0.1, -0.05) is 35.9 Å². The van der Waals surface area contributed by atoms with Crippen molar-refractivity contribution in [1.82, 2.24) is 4.98 Å². The number of rotatable bonds is 6. The second-order valence-electron chi connectivity index (χ2n) is 6.50. The molecule has 0 radical (unpaired) electrons. The summed E-state index contributed by atoms with van der Waals surface area (Å²) in [5.41, 5.74) is 2.93. The van der Waals surface area contributed by atoms with Gasteiger partial charge in [0.25, 0.3) is 0 Å². The van der Waals surface area contributed by atoms with Crippen LogP contribution in [-0.4, -0.2) is 11.2 Å². The van der Waals surface area contributed by atoms with Crippen LogP contribution in [0, 0.1) is 11.3 Å². The summed E-state index contributed by atoms with van der Waals surface area (Å²) in [6.07, 6.45) is 0.212. The van der Waals surface area contributed by atoms with Gasteiger partial charge in [0.15, 0.2) is 0 Å². The highest BCUT2D eigenvalue weighted by molar-refractivity contribution is 7.97. The van der Waals surface area contributed by atoms with Gasteiger partial charge in [-0.2, -0.15) is 30.2 Å². The molecule has 2 nitrogen and oxygen atoms in total. The van der Waals surface area contributed by atoms with E-state index < -0.39 is 11.7 Å².